The number of nitriles is 1. The Labute approximate surface area is 128 Å². The number of rotatable bonds is 4. The second-order valence-corrected chi connectivity index (χ2v) is 4.89. The van der Waals surface area contributed by atoms with Crippen LogP contribution in [0.4, 0.5) is 4.39 Å². The number of carbonyl (C=O) groups is 1. The van der Waals surface area contributed by atoms with Crippen molar-refractivity contribution >= 4 is 21.9 Å². The van der Waals surface area contributed by atoms with E-state index in [4.69, 9.17) is 14.7 Å². The first-order valence-electron chi connectivity index (χ1n) is 5.87. The molecule has 0 N–H and O–H groups in total. The zero-order valence-electron chi connectivity index (χ0n) is 10.7. The molecule has 0 bridgehead atoms. The molecule has 0 atom stereocenters. The molecule has 2 rings (SSSR count). The van der Waals surface area contributed by atoms with Crippen molar-refractivity contribution in [3.05, 3.63) is 58.3 Å². The summed E-state index contributed by atoms with van der Waals surface area (Å²) in [6.45, 7) is -0.360. The van der Waals surface area contributed by atoms with Gasteiger partial charge >= 0.3 is 5.97 Å². The van der Waals surface area contributed by atoms with Gasteiger partial charge in [-0.3, -0.25) is 0 Å². The second kappa shape index (κ2) is 6.86. The monoisotopic (exact) mass is 349 g/mol. The van der Waals surface area contributed by atoms with Gasteiger partial charge in [-0.1, -0.05) is 15.9 Å². The lowest BCUT2D eigenvalue weighted by atomic mass is 10.2. The van der Waals surface area contributed by atoms with Crippen LogP contribution < -0.4 is 9.47 Å². The molecule has 4 nitrogen and oxygen atoms in total. The van der Waals surface area contributed by atoms with Crippen LogP contribution in [-0.2, 0) is 4.79 Å². The summed E-state index contributed by atoms with van der Waals surface area (Å²) in [6, 6.07) is 12.3. The van der Waals surface area contributed by atoms with Gasteiger partial charge in [0.25, 0.3) is 0 Å². The van der Waals surface area contributed by atoms with E-state index >= 15 is 0 Å². The Morgan fingerprint density at radius 1 is 1.24 bits per heavy atom. The summed E-state index contributed by atoms with van der Waals surface area (Å²) in [6.07, 6.45) is 0. The van der Waals surface area contributed by atoms with E-state index in [1.165, 1.54) is 12.1 Å². The van der Waals surface area contributed by atoms with E-state index in [1.807, 2.05) is 6.07 Å². The summed E-state index contributed by atoms with van der Waals surface area (Å²) in [7, 11) is 0. The van der Waals surface area contributed by atoms with Crippen molar-refractivity contribution in [2.45, 2.75) is 0 Å². The number of hydrogen-bond acceptors (Lipinski definition) is 4. The first-order valence-corrected chi connectivity index (χ1v) is 6.66. The minimum atomic E-state index is -0.722. The molecule has 0 aromatic heterocycles. The molecule has 106 valence electrons. The Balaban J connectivity index is 1.91. The first kappa shape index (κ1) is 15.0. The van der Waals surface area contributed by atoms with Crippen molar-refractivity contribution in [2.75, 3.05) is 6.61 Å². The third-order valence-corrected chi connectivity index (χ3v) is 2.95. The van der Waals surface area contributed by atoms with Crippen LogP contribution in [0, 0.1) is 17.1 Å². The van der Waals surface area contributed by atoms with Crippen molar-refractivity contribution in [3.63, 3.8) is 0 Å². The Morgan fingerprint density at radius 2 is 1.95 bits per heavy atom. The lowest BCUT2D eigenvalue weighted by molar-refractivity contribution is -0.136. The van der Waals surface area contributed by atoms with Crippen molar-refractivity contribution in [3.8, 4) is 17.6 Å². The zero-order valence-corrected chi connectivity index (χ0v) is 12.3. The van der Waals surface area contributed by atoms with Crippen LogP contribution >= 0.6 is 15.9 Å². The number of carbonyl (C=O) groups excluding carboxylic acids is 1. The van der Waals surface area contributed by atoms with Gasteiger partial charge in [0.15, 0.2) is 18.2 Å². The molecule has 0 aliphatic rings. The van der Waals surface area contributed by atoms with Crippen LogP contribution in [0.5, 0.6) is 11.5 Å². The number of ether oxygens (including phenoxy) is 2. The fourth-order valence-electron chi connectivity index (χ4n) is 1.48. The highest BCUT2D eigenvalue weighted by atomic mass is 79.9. The molecule has 0 unspecified atom stereocenters. The minimum Gasteiger partial charge on any atom is -0.482 e. The van der Waals surface area contributed by atoms with E-state index in [9.17, 15) is 9.18 Å². The van der Waals surface area contributed by atoms with E-state index in [2.05, 4.69) is 15.9 Å². The summed E-state index contributed by atoms with van der Waals surface area (Å²) < 4.78 is 24.1. The van der Waals surface area contributed by atoms with Gasteiger partial charge in [0.1, 0.15) is 5.75 Å². The summed E-state index contributed by atoms with van der Waals surface area (Å²) in [5, 5.41) is 8.65. The molecule has 2 aromatic rings. The third kappa shape index (κ3) is 4.29. The van der Waals surface area contributed by atoms with Crippen LogP contribution in [-0.4, -0.2) is 12.6 Å². The van der Waals surface area contributed by atoms with Crippen molar-refractivity contribution < 1.29 is 18.7 Å². The lowest BCUT2D eigenvalue weighted by Gasteiger charge is -2.07. The van der Waals surface area contributed by atoms with Crippen LogP contribution in [0.2, 0.25) is 0 Å². The summed E-state index contributed by atoms with van der Waals surface area (Å²) in [4.78, 5) is 11.6. The van der Waals surface area contributed by atoms with Gasteiger partial charge in [0.05, 0.1) is 11.6 Å². The van der Waals surface area contributed by atoms with Gasteiger partial charge in [-0.05, 0) is 42.5 Å². The minimum absolute atomic E-state index is 0.161. The second-order valence-electron chi connectivity index (χ2n) is 3.97. The Morgan fingerprint density at radius 3 is 2.57 bits per heavy atom. The predicted molar refractivity (Wildman–Crippen MR) is 76.4 cm³/mol. The molecular formula is C15H9BrFNO3. The highest BCUT2D eigenvalue weighted by Crippen LogP contribution is 2.21. The highest BCUT2D eigenvalue weighted by molar-refractivity contribution is 9.10. The molecule has 0 aliphatic carbocycles. The van der Waals surface area contributed by atoms with Gasteiger partial charge in [0.2, 0.25) is 0 Å². The predicted octanol–water partition coefficient (Wildman–Crippen LogP) is 3.44. The zero-order chi connectivity index (χ0) is 15.2. The fourth-order valence-corrected chi connectivity index (χ4v) is 1.81. The molecule has 0 amide bonds. The highest BCUT2D eigenvalue weighted by Gasteiger charge is 2.10. The number of nitrogens with zero attached hydrogens (tertiary/aromatic N) is 1. The van der Waals surface area contributed by atoms with E-state index in [1.54, 1.807) is 30.3 Å². The largest absolute Gasteiger partial charge is 0.482 e. The molecule has 0 aliphatic heterocycles. The van der Waals surface area contributed by atoms with Crippen molar-refractivity contribution in [1.29, 1.82) is 5.26 Å². The smallest absolute Gasteiger partial charge is 0.349 e. The Bertz CT molecular complexity index is 695. The summed E-state index contributed by atoms with van der Waals surface area (Å²) >= 11 is 3.11. The van der Waals surface area contributed by atoms with E-state index in [0.717, 1.165) is 0 Å². The third-order valence-electron chi connectivity index (χ3n) is 2.46. The standard InChI is InChI=1S/C15H9BrFNO3/c16-11-3-6-14(13(17)7-11)21-15(19)9-20-12-4-1-10(8-18)2-5-12/h1-7H,9H2. The molecule has 0 heterocycles. The van der Waals surface area contributed by atoms with Gasteiger partial charge in [-0.15, -0.1) is 0 Å². The number of hydrogen-bond donors (Lipinski definition) is 0. The molecule has 0 spiro atoms. The average molecular weight is 350 g/mol. The van der Waals surface area contributed by atoms with Crippen LogP contribution in [0.3, 0.4) is 0 Å². The quantitative estimate of drug-likeness (QED) is 0.626. The summed E-state index contributed by atoms with van der Waals surface area (Å²) in [5.74, 6) is -1.11. The van der Waals surface area contributed by atoms with Crippen molar-refractivity contribution in [1.82, 2.24) is 0 Å². The maximum absolute atomic E-state index is 13.5. The molecular weight excluding hydrogens is 341 g/mol. The lowest BCUT2D eigenvalue weighted by Crippen LogP contribution is -2.18. The Kier molecular flexibility index (Phi) is 4.90. The number of benzene rings is 2. The maximum atomic E-state index is 13.5. The van der Waals surface area contributed by atoms with Crippen LogP contribution in [0.25, 0.3) is 0 Å². The molecule has 0 fully saturated rings. The van der Waals surface area contributed by atoms with Crippen LogP contribution in [0.15, 0.2) is 46.9 Å². The molecule has 6 heteroatoms. The topological polar surface area (TPSA) is 59.3 Å². The number of halogens is 2. The Hall–Kier alpha value is -2.39. The van der Waals surface area contributed by atoms with Crippen LogP contribution in [0.1, 0.15) is 5.56 Å². The van der Waals surface area contributed by atoms with Gasteiger partial charge in [0, 0.05) is 4.47 Å². The van der Waals surface area contributed by atoms with E-state index < -0.39 is 11.8 Å². The van der Waals surface area contributed by atoms with E-state index in [-0.39, 0.29) is 12.4 Å². The fraction of sp³-hybridized carbons (Fsp3) is 0.0667. The van der Waals surface area contributed by atoms with Gasteiger partial charge in [-0.2, -0.15) is 5.26 Å². The number of esters is 1. The maximum Gasteiger partial charge on any atom is 0.349 e. The molecule has 0 saturated heterocycles. The molecule has 0 radical (unpaired) electrons. The van der Waals surface area contributed by atoms with Gasteiger partial charge in [-0.25, -0.2) is 9.18 Å². The van der Waals surface area contributed by atoms with E-state index in [0.29, 0.717) is 15.8 Å². The first-order chi connectivity index (χ1) is 10.1. The molecule has 21 heavy (non-hydrogen) atoms. The summed E-state index contributed by atoms with van der Waals surface area (Å²) in [5.41, 5.74) is 0.488. The normalized spacial score (nSPS) is 9.76. The average Bonchev–Trinajstić information content (AvgIpc) is 2.48. The molecule has 2 aromatic carbocycles. The SMILES string of the molecule is N#Cc1ccc(OCC(=O)Oc2ccc(Br)cc2F)cc1. The van der Waals surface area contributed by atoms with Crippen molar-refractivity contribution in [2.24, 2.45) is 0 Å². The van der Waals surface area contributed by atoms with Gasteiger partial charge < -0.3 is 9.47 Å². The molecule has 0 saturated carbocycles.